The molecule has 0 spiro atoms. The molecule has 0 aliphatic carbocycles. The molecule has 2 heterocycles. The van der Waals surface area contributed by atoms with Gasteiger partial charge in [0.15, 0.2) is 0 Å². The molecule has 2 N–H and O–H groups in total. The van der Waals surface area contributed by atoms with Gasteiger partial charge in [-0.15, -0.1) is 0 Å². The number of anilines is 1. The maximum absolute atomic E-state index is 12.5. The highest BCUT2D eigenvalue weighted by Gasteiger charge is 2.25. The summed E-state index contributed by atoms with van der Waals surface area (Å²) < 4.78 is 5.70. The summed E-state index contributed by atoms with van der Waals surface area (Å²) in [4.78, 5) is 12.5. The monoisotopic (exact) mass is 333 g/mol. The second-order valence-corrected chi connectivity index (χ2v) is 6.27. The first-order valence-electron chi connectivity index (χ1n) is 8.33. The molecule has 5 heteroatoms. The van der Waals surface area contributed by atoms with Gasteiger partial charge in [-0.05, 0) is 42.7 Å². The Morgan fingerprint density at radius 3 is 2.76 bits per heavy atom. The summed E-state index contributed by atoms with van der Waals surface area (Å²) in [7, 11) is 0. The van der Waals surface area contributed by atoms with E-state index in [2.05, 4.69) is 15.5 Å². The van der Waals surface area contributed by atoms with Gasteiger partial charge in [-0.25, -0.2) is 0 Å². The lowest BCUT2D eigenvalue weighted by Crippen LogP contribution is -2.32. The molecule has 1 amide bonds. The molecule has 0 saturated heterocycles. The number of carbonyl (C=O) groups excluding carboxylic acids is 1. The number of hydrogen-bond donors (Lipinski definition) is 2. The molecule has 1 unspecified atom stereocenters. The smallest absolute Gasteiger partial charge is 0.231 e. The van der Waals surface area contributed by atoms with Crippen LogP contribution in [0.2, 0.25) is 0 Å². The number of aromatic nitrogens is 2. The summed E-state index contributed by atoms with van der Waals surface area (Å²) >= 11 is 0. The van der Waals surface area contributed by atoms with E-state index in [1.54, 1.807) is 0 Å². The molecule has 0 radical (unpaired) electrons. The van der Waals surface area contributed by atoms with E-state index in [1.807, 2.05) is 61.7 Å². The predicted octanol–water partition coefficient (Wildman–Crippen LogP) is 3.57. The number of rotatable bonds is 3. The van der Waals surface area contributed by atoms with Crippen LogP contribution in [0.4, 0.5) is 5.69 Å². The summed E-state index contributed by atoms with van der Waals surface area (Å²) in [5, 5.41) is 9.98. The van der Waals surface area contributed by atoms with E-state index in [9.17, 15) is 4.79 Å². The number of fused-ring (bicyclic) bond motifs is 1. The van der Waals surface area contributed by atoms with Crippen LogP contribution in [0.15, 0.2) is 54.7 Å². The van der Waals surface area contributed by atoms with Gasteiger partial charge in [-0.1, -0.05) is 30.3 Å². The third kappa shape index (κ3) is 3.13. The highest BCUT2D eigenvalue weighted by Crippen LogP contribution is 2.28. The minimum Gasteiger partial charge on any atom is -0.492 e. The first kappa shape index (κ1) is 15.4. The summed E-state index contributed by atoms with van der Waals surface area (Å²) in [5.41, 5.74) is 4.96. The first-order valence-corrected chi connectivity index (χ1v) is 8.33. The molecule has 3 aromatic rings. The number of nitrogens with one attached hydrogen (secondary N) is 2. The molecular formula is C20H19N3O2. The van der Waals surface area contributed by atoms with Crippen LogP contribution in [0, 0.1) is 12.8 Å². The van der Waals surface area contributed by atoms with Crippen LogP contribution in [0.5, 0.6) is 5.75 Å². The summed E-state index contributed by atoms with van der Waals surface area (Å²) in [5.74, 6) is 0.693. The quantitative estimate of drug-likeness (QED) is 0.770. The van der Waals surface area contributed by atoms with E-state index in [4.69, 9.17) is 4.74 Å². The number of aryl methyl sites for hydroxylation is 1. The van der Waals surface area contributed by atoms with Crippen molar-refractivity contribution in [2.45, 2.75) is 13.3 Å². The van der Waals surface area contributed by atoms with E-state index in [0.29, 0.717) is 13.0 Å². The number of amides is 1. The molecule has 0 fully saturated rings. The lowest BCUT2D eigenvalue weighted by atomic mass is 9.96. The Kier molecular flexibility index (Phi) is 3.98. The number of H-pyrrole nitrogens is 1. The number of ether oxygens (including phenoxy) is 1. The maximum Gasteiger partial charge on any atom is 0.231 e. The molecule has 1 aliphatic rings. The van der Waals surface area contributed by atoms with Crippen LogP contribution in [0.1, 0.15) is 11.3 Å². The Bertz CT molecular complexity index is 899. The van der Waals surface area contributed by atoms with Crippen molar-refractivity contribution in [2.75, 3.05) is 11.9 Å². The predicted molar refractivity (Wildman–Crippen MR) is 96.5 cm³/mol. The van der Waals surface area contributed by atoms with Crippen molar-refractivity contribution in [1.82, 2.24) is 10.2 Å². The third-order valence-electron chi connectivity index (χ3n) is 4.54. The molecule has 1 aromatic heterocycles. The Balaban J connectivity index is 1.44. The Labute approximate surface area is 146 Å². The SMILES string of the molecule is Cc1n[nH]cc1-c1ccc(NC(=O)C2COc3ccccc3C2)cc1. The Morgan fingerprint density at radius 1 is 1.20 bits per heavy atom. The van der Waals surface area contributed by atoms with Gasteiger partial charge >= 0.3 is 0 Å². The zero-order valence-electron chi connectivity index (χ0n) is 14.0. The van der Waals surface area contributed by atoms with Gasteiger partial charge in [0.1, 0.15) is 12.4 Å². The molecule has 5 nitrogen and oxygen atoms in total. The number of benzene rings is 2. The minimum absolute atomic E-state index is 0.0123. The van der Waals surface area contributed by atoms with Gasteiger partial charge < -0.3 is 10.1 Å². The molecule has 0 bridgehead atoms. The van der Waals surface area contributed by atoms with Gasteiger partial charge in [0.05, 0.1) is 11.6 Å². The molecular weight excluding hydrogens is 314 g/mol. The topological polar surface area (TPSA) is 67.0 Å². The fourth-order valence-electron chi connectivity index (χ4n) is 3.12. The Morgan fingerprint density at radius 2 is 2.00 bits per heavy atom. The van der Waals surface area contributed by atoms with E-state index >= 15 is 0 Å². The van der Waals surface area contributed by atoms with Crippen LogP contribution in [-0.2, 0) is 11.2 Å². The molecule has 2 aromatic carbocycles. The number of para-hydroxylation sites is 1. The van der Waals surface area contributed by atoms with Gasteiger partial charge in [-0.2, -0.15) is 5.10 Å². The van der Waals surface area contributed by atoms with Crippen molar-refractivity contribution < 1.29 is 9.53 Å². The zero-order valence-corrected chi connectivity index (χ0v) is 14.0. The van der Waals surface area contributed by atoms with Gasteiger partial charge in [-0.3, -0.25) is 9.89 Å². The number of hydrogen-bond acceptors (Lipinski definition) is 3. The zero-order chi connectivity index (χ0) is 17.2. The van der Waals surface area contributed by atoms with Gasteiger partial charge in [0.25, 0.3) is 0 Å². The maximum atomic E-state index is 12.5. The van der Waals surface area contributed by atoms with Crippen LogP contribution in [0.3, 0.4) is 0 Å². The largest absolute Gasteiger partial charge is 0.492 e. The van der Waals surface area contributed by atoms with E-state index in [1.165, 1.54) is 0 Å². The van der Waals surface area contributed by atoms with Crippen molar-refractivity contribution in [3.05, 3.63) is 66.0 Å². The van der Waals surface area contributed by atoms with Crippen LogP contribution >= 0.6 is 0 Å². The molecule has 126 valence electrons. The van der Waals surface area contributed by atoms with Gasteiger partial charge in [0.2, 0.25) is 5.91 Å². The van der Waals surface area contributed by atoms with Crippen molar-refractivity contribution in [3.8, 4) is 16.9 Å². The van der Waals surface area contributed by atoms with E-state index in [0.717, 1.165) is 33.8 Å². The van der Waals surface area contributed by atoms with Crippen LogP contribution in [0.25, 0.3) is 11.1 Å². The molecule has 1 aliphatic heterocycles. The van der Waals surface area contributed by atoms with Crippen molar-refractivity contribution >= 4 is 11.6 Å². The highest BCUT2D eigenvalue weighted by atomic mass is 16.5. The van der Waals surface area contributed by atoms with Gasteiger partial charge in [0, 0.05) is 17.4 Å². The Hall–Kier alpha value is -3.08. The minimum atomic E-state index is -0.175. The first-order chi connectivity index (χ1) is 12.2. The highest BCUT2D eigenvalue weighted by molar-refractivity contribution is 5.93. The average Bonchev–Trinajstić information content (AvgIpc) is 3.08. The van der Waals surface area contributed by atoms with Crippen LogP contribution < -0.4 is 10.1 Å². The lowest BCUT2D eigenvalue weighted by molar-refractivity contribution is -0.121. The summed E-state index contributed by atoms with van der Waals surface area (Å²) in [6.07, 6.45) is 2.58. The fourth-order valence-corrected chi connectivity index (χ4v) is 3.12. The van der Waals surface area contributed by atoms with Crippen molar-refractivity contribution in [3.63, 3.8) is 0 Å². The molecule has 4 rings (SSSR count). The molecule has 25 heavy (non-hydrogen) atoms. The third-order valence-corrected chi connectivity index (χ3v) is 4.54. The summed E-state index contributed by atoms with van der Waals surface area (Å²) in [6, 6.07) is 15.7. The van der Waals surface area contributed by atoms with E-state index < -0.39 is 0 Å². The van der Waals surface area contributed by atoms with Crippen molar-refractivity contribution in [1.29, 1.82) is 0 Å². The van der Waals surface area contributed by atoms with E-state index in [-0.39, 0.29) is 11.8 Å². The number of aromatic amines is 1. The van der Waals surface area contributed by atoms with Crippen LogP contribution in [-0.4, -0.2) is 22.7 Å². The standard InChI is InChI=1S/C20H19N3O2/c1-13-18(11-21-23-13)14-6-8-17(9-7-14)22-20(24)16-10-15-4-2-3-5-19(15)25-12-16/h2-9,11,16H,10,12H2,1H3,(H,21,23)(H,22,24). The van der Waals surface area contributed by atoms with Crippen molar-refractivity contribution in [2.24, 2.45) is 5.92 Å². The summed E-state index contributed by atoms with van der Waals surface area (Å²) in [6.45, 7) is 2.37. The fraction of sp³-hybridized carbons (Fsp3) is 0.200. The number of carbonyl (C=O) groups is 1. The average molecular weight is 333 g/mol. The lowest BCUT2D eigenvalue weighted by Gasteiger charge is -2.24. The number of nitrogens with zero attached hydrogens (tertiary/aromatic N) is 1. The normalized spacial score (nSPS) is 16.0. The molecule has 1 atom stereocenters. The molecule has 0 saturated carbocycles. The second kappa shape index (κ2) is 6.43. The second-order valence-electron chi connectivity index (χ2n) is 6.27.